The van der Waals surface area contributed by atoms with Gasteiger partial charge in [-0.25, -0.2) is 0 Å². The minimum atomic E-state index is -1.74. The molecule has 0 spiro atoms. The summed E-state index contributed by atoms with van der Waals surface area (Å²) in [5.41, 5.74) is 0.351. The second-order valence-electron chi connectivity index (χ2n) is 15.2. The lowest BCUT2D eigenvalue weighted by Gasteiger charge is -2.40. The van der Waals surface area contributed by atoms with Gasteiger partial charge in [0.25, 0.3) is 17.7 Å². The topological polar surface area (TPSA) is 349 Å². The van der Waals surface area contributed by atoms with Crippen molar-refractivity contribution in [1.29, 1.82) is 0 Å². The fraction of sp³-hybridized carbons (Fsp3) is 0.475. The quantitative estimate of drug-likeness (QED) is 0.0753. The molecule has 20 nitrogen and oxygen atoms in total. The fourth-order valence-electron chi connectivity index (χ4n) is 7.62. The van der Waals surface area contributed by atoms with E-state index in [-0.39, 0.29) is 23.1 Å². The number of benzene rings is 3. The van der Waals surface area contributed by atoms with Gasteiger partial charge in [0.05, 0.1) is 31.5 Å². The Morgan fingerprint density at radius 2 is 0.803 bits per heavy atom. The molecule has 1 aliphatic carbocycles. The Morgan fingerprint density at radius 3 is 1.13 bits per heavy atom. The summed E-state index contributed by atoms with van der Waals surface area (Å²) in [4.78, 5) is 39.8. The van der Waals surface area contributed by atoms with Gasteiger partial charge >= 0.3 is 0 Å². The van der Waals surface area contributed by atoms with E-state index in [0.717, 1.165) is 0 Å². The summed E-state index contributed by atoms with van der Waals surface area (Å²) in [5, 5.41) is 131. The van der Waals surface area contributed by atoms with Gasteiger partial charge in [-0.2, -0.15) is 0 Å². The van der Waals surface area contributed by atoms with E-state index in [1.807, 2.05) is 0 Å². The van der Waals surface area contributed by atoms with Gasteiger partial charge in [-0.05, 0) is 66.7 Å². The minimum Gasteiger partial charge on any atom is -0.396 e. The summed E-state index contributed by atoms with van der Waals surface area (Å²) >= 11 is 0. The number of amides is 3. The number of aliphatic hydroxyl groups excluding tert-OH is 12. The molecule has 0 bridgehead atoms. The molecule has 2 heterocycles. The van der Waals surface area contributed by atoms with Gasteiger partial charge in [-0.1, -0.05) is 36.4 Å². The maximum absolute atomic E-state index is 13.3. The molecular formula is C40H50N3O17P. The Morgan fingerprint density at radius 1 is 0.475 bits per heavy atom. The Balaban J connectivity index is 1.24. The molecule has 2 aliphatic heterocycles. The number of nitrogens with one attached hydrogen (secondary N) is 3. The van der Waals surface area contributed by atoms with E-state index in [4.69, 9.17) is 9.47 Å². The number of carbonyl (C=O) groups is 3. The Kier molecular flexibility index (Phi) is 15.2. The molecule has 15 unspecified atom stereocenters. The number of aliphatic hydroxyl groups is 12. The summed E-state index contributed by atoms with van der Waals surface area (Å²) in [6.45, 7) is -1.82. The smallest absolute Gasteiger partial charge is 0.251 e. The molecule has 3 aromatic carbocycles. The van der Waals surface area contributed by atoms with E-state index in [1.54, 1.807) is 36.4 Å². The SMILES string of the molecule is O=C(NC1C(O)CC(CO)C(O)C1O)c1ccc(P(c2ccc(C(=O)NC3C(O)OC(CO)C(O)C3O)cc2)c2ccc(C(=O)NC3C(O)OC(CO)C(O)C3O)cc2)cc1. The minimum absolute atomic E-state index is 0.0516. The van der Waals surface area contributed by atoms with Crippen LogP contribution in [0.1, 0.15) is 37.5 Å². The normalized spacial score (nSPS) is 34.5. The number of ether oxygens (including phenoxy) is 2. The first-order chi connectivity index (χ1) is 29.1. The maximum atomic E-state index is 13.3. The van der Waals surface area contributed by atoms with E-state index < -0.39 is 137 Å². The van der Waals surface area contributed by atoms with E-state index >= 15 is 0 Å². The summed E-state index contributed by atoms with van der Waals surface area (Å²) in [5.74, 6) is -2.88. The summed E-state index contributed by atoms with van der Waals surface area (Å²) < 4.78 is 10.3. The molecule has 6 rings (SSSR count). The maximum Gasteiger partial charge on any atom is 0.251 e. The zero-order chi connectivity index (χ0) is 44.3. The average Bonchev–Trinajstić information content (AvgIpc) is 3.26. The lowest BCUT2D eigenvalue weighted by atomic mass is 9.79. The van der Waals surface area contributed by atoms with E-state index in [2.05, 4.69) is 16.0 Å². The highest BCUT2D eigenvalue weighted by atomic mass is 31.1. The van der Waals surface area contributed by atoms with Crippen molar-refractivity contribution in [2.75, 3.05) is 19.8 Å². The van der Waals surface area contributed by atoms with Crippen LogP contribution in [0.15, 0.2) is 72.8 Å². The highest BCUT2D eigenvalue weighted by Crippen LogP contribution is 2.34. The Bertz CT molecular complexity index is 1740. The van der Waals surface area contributed by atoms with Crippen molar-refractivity contribution in [2.45, 2.75) is 92.1 Å². The monoisotopic (exact) mass is 875 g/mol. The van der Waals surface area contributed by atoms with Gasteiger partial charge in [0.2, 0.25) is 0 Å². The fourth-order valence-corrected chi connectivity index (χ4v) is 9.86. The number of carbonyl (C=O) groups excluding carboxylic acids is 3. The van der Waals surface area contributed by atoms with Crippen LogP contribution in [0, 0.1) is 5.92 Å². The van der Waals surface area contributed by atoms with Crippen molar-refractivity contribution in [3.63, 3.8) is 0 Å². The lowest BCUT2D eigenvalue weighted by molar-refractivity contribution is -0.252. The van der Waals surface area contributed by atoms with E-state index in [0.29, 0.717) is 15.9 Å². The van der Waals surface area contributed by atoms with Crippen LogP contribution in [0.25, 0.3) is 0 Å². The van der Waals surface area contributed by atoms with Crippen molar-refractivity contribution < 1.29 is 85.1 Å². The standard InChI is InChI=1S/C40H50N3O17P/c44-14-20-13-24(47)27(33(51)30(20)48)41-36(54)17-1-7-21(8-2-17)61(22-9-3-18(4-10-22)37(55)42-28-34(52)31(49)25(15-45)59-39(28)57)23-11-5-19(6-12-23)38(56)43-29-35(53)32(50)26(16-46)60-40(29)58/h1-12,20,24-35,39-40,44-53,57-58H,13-16H2,(H,41,54)(H,42,55)(H,43,56). The predicted molar refractivity (Wildman–Crippen MR) is 212 cm³/mol. The second kappa shape index (κ2) is 20.0. The van der Waals surface area contributed by atoms with Gasteiger partial charge in [0.15, 0.2) is 12.6 Å². The van der Waals surface area contributed by atoms with Gasteiger partial charge in [-0.15, -0.1) is 0 Å². The van der Waals surface area contributed by atoms with E-state index in [9.17, 15) is 75.7 Å². The first-order valence-corrected chi connectivity index (χ1v) is 20.7. The van der Waals surface area contributed by atoms with Crippen LogP contribution in [0.4, 0.5) is 0 Å². The third-order valence-electron chi connectivity index (χ3n) is 11.3. The summed E-state index contributed by atoms with van der Waals surface area (Å²) in [6, 6.07) is 14.8. The molecule has 61 heavy (non-hydrogen) atoms. The zero-order valence-corrected chi connectivity index (χ0v) is 33.2. The Hall–Kier alpha value is -4.06. The molecule has 0 aromatic heterocycles. The molecule has 3 fully saturated rings. The molecule has 3 amide bonds. The second-order valence-corrected chi connectivity index (χ2v) is 17.4. The third-order valence-corrected chi connectivity index (χ3v) is 13.7. The van der Waals surface area contributed by atoms with Crippen LogP contribution in [-0.2, 0) is 9.47 Å². The van der Waals surface area contributed by atoms with Crippen molar-refractivity contribution in [3.05, 3.63) is 89.5 Å². The highest BCUT2D eigenvalue weighted by molar-refractivity contribution is 7.79. The van der Waals surface area contributed by atoms with Crippen LogP contribution in [0.2, 0.25) is 0 Å². The van der Waals surface area contributed by atoms with Crippen molar-refractivity contribution in [3.8, 4) is 0 Å². The average molecular weight is 876 g/mol. The molecule has 0 radical (unpaired) electrons. The van der Waals surface area contributed by atoms with Gasteiger partial charge in [0.1, 0.15) is 54.8 Å². The first kappa shape index (κ1) is 46.4. The number of rotatable bonds is 12. The third kappa shape index (κ3) is 9.94. The van der Waals surface area contributed by atoms with Crippen LogP contribution in [0.3, 0.4) is 0 Å². The van der Waals surface area contributed by atoms with Crippen molar-refractivity contribution in [1.82, 2.24) is 16.0 Å². The summed E-state index contributed by atoms with van der Waals surface area (Å²) in [7, 11) is -1.52. The molecule has 3 aliphatic rings. The molecule has 21 heteroatoms. The van der Waals surface area contributed by atoms with Gasteiger partial charge in [0, 0.05) is 29.2 Å². The van der Waals surface area contributed by atoms with Crippen molar-refractivity contribution >= 4 is 41.6 Å². The highest BCUT2D eigenvalue weighted by Gasteiger charge is 2.46. The molecular weight excluding hydrogens is 825 g/mol. The van der Waals surface area contributed by atoms with Gasteiger partial charge < -0.3 is 86.7 Å². The van der Waals surface area contributed by atoms with Crippen LogP contribution < -0.4 is 31.9 Å². The predicted octanol–water partition coefficient (Wildman–Crippen LogP) is -6.30. The number of hydrogen-bond donors (Lipinski definition) is 15. The first-order valence-electron chi connectivity index (χ1n) is 19.4. The van der Waals surface area contributed by atoms with Crippen LogP contribution in [-0.4, -0.2) is 184 Å². The summed E-state index contributed by atoms with van der Waals surface area (Å²) in [6.07, 6.45) is -16.7. The van der Waals surface area contributed by atoms with Crippen molar-refractivity contribution in [2.24, 2.45) is 5.92 Å². The van der Waals surface area contributed by atoms with Crippen LogP contribution >= 0.6 is 7.92 Å². The lowest BCUT2D eigenvalue weighted by Crippen LogP contribution is -2.64. The van der Waals surface area contributed by atoms with E-state index in [1.165, 1.54) is 36.4 Å². The molecule has 15 atom stereocenters. The molecule has 15 N–H and O–H groups in total. The Labute approximate surface area is 349 Å². The molecule has 2 saturated heterocycles. The zero-order valence-electron chi connectivity index (χ0n) is 32.3. The largest absolute Gasteiger partial charge is 0.396 e. The molecule has 3 aromatic rings. The van der Waals surface area contributed by atoms with Gasteiger partial charge in [-0.3, -0.25) is 14.4 Å². The van der Waals surface area contributed by atoms with Crippen LogP contribution in [0.5, 0.6) is 0 Å². The molecule has 332 valence electrons. The molecule has 1 saturated carbocycles. The number of hydrogen-bond acceptors (Lipinski definition) is 17.